The highest BCUT2D eigenvalue weighted by Crippen LogP contribution is 2.48. The SMILES string of the molecule is CC1=C(C(=O)OCCc2ccccc2)[C@H](c2ccccc2[N+](=O)[O-])C2=C(CC(C)(C)CC2=O)N1. The van der Waals surface area contributed by atoms with E-state index in [0.29, 0.717) is 36.1 Å². The molecular weight excluding hydrogens is 432 g/mol. The molecule has 0 unspecified atom stereocenters. The molecule has 1 atom stereocenters. The monoisotopic (exact) mass is 460 g/mol. The number of dihydropyridines is 1. The zero-order chi connectivity index (χ0) is 24.5. The number of benzene rings is 2. The molecule has 4 rings (SSSR count). The lowest BCUT2D eigenvalue weighted by Gasteiger charge is -2.39. The molecule has 0 fully saturated rings. The lowest BCUT2D eigenvalue weighted by atomic mass is 9.68. The number of ether oxygens (including phenoxy) is 1. The highest BCUT2D eigenvalue weighted by molar-refractivity contribution is 6.04. The number of carbonyl (C=O) groups excluding carboxylic acids is 2. The van der Waals surface area contributed by atoms with Crippen molar-refractivity contribution in [1.82, 2.24) is 5.32 Å². The van der Waals surface area contributed by atoms with Crippen molar-refractivity contribution in [2.75, 3.05) is 6.61 Å². The fourth-order valence-electron chi connectivity index (χ4n) is 4.90. The maximum absolute atomic E-state index is 13.3. The zero-order valence-corrected chi connectivity index (χ0v) is 19.6. The van der Waals surface area contributed by atoms with Gasteiger partial charge in [0, 0.05) is 41.4 Å². The summed E-state index contributed by atoms with van der Waals surface area (Å²) in [6.45, 7) is 5.95. The third-order valence-electron chi connectivity index (χ3n) is 6.37. The van der Waals surface area contributed by atoms with Crippen molar-refractivity contribution in [2.24, 2.45) is 5.41 Å². The van der Waals surface area contributed by atoms with Crippen molar-refractivity contribution >= 4 is 17.4 Å². The summed E-state index contributed by atoms with van der Waals surface area (Å²) in [4.78, 5) is 38.1. The third-order valence-corrected chi connectivity index (χ3v) is 6.37. The summed E-state index contributed by atoms with van der Waals surface area (Å²) in [6.07, 6.45) is 1.46. The summed E-state index contributed by atoms with van der Waals surface area (Å²) in [5, 5.41) is 15.1. The van der Waals surface area contributed by atoms with Crippen LogP contribution in [0.2, 0.25) is 0 Å². The van der Waals surface area contributed by atoms with Crippen LogP contribution >= 0.6 is 0 Å². The molecule has 0 radical (unpaired) electrons. The quantitative estimate of drug-likeness (QED) is 0.371. The number of hydrogen-bond donors (Lipinski definition) is 1. The van der Waals surface area contributed by atoms with Crippen LogP contribution in [0.5, 0.6) is 0 Å². The van der Waals surface area contributed by atoms with Gasteiger partial charge in [-0.1, -0.05) is 62.4 Å². The van der Waals surface area contributed by atoms with Crippen molar-refractivity contribution in [3.63, 3.8) is 0 Å². The standard InChI is InChI=1S/C27H28N2O5/c1-17-23(26(31)34-14-13-18-9-5-4-6-10-18)24(19-11-7-8-12-21(19)29(32)33)25-20(28-17)15-27(2,3)16-22(25)30/h4-12,24,28H,13-16H2,1-3H3/t24-/m0/s1. The summed E-state index contributed by atoms with van der Waals surface area (Å²) >= 11 is 0. The van der Waals surface area contributed by atoms with Crippen LogP contribution in [-0.2, 0) is 20.7 Å². The first-order chi connectivity index (χ1) is 16.2. The Morgan fingerprint density at radius 2 is 1.79 bits per heavy atom. The van der Waals surface area contributed by atoms with E-state index in [4.69, 9.17) is 4.74 Å². The Kier molecular flexibility index (Phi) is 6.37. The molecule has 1 aliphatic heterocycles. The summed E-state index contributed by atoms with van der Waals surface area (Å²) in [5.74, 6) is -1.54. The zero-order valence-electron chi connectivity index (χ0n) is 19.6. The number of rotatable bonds is 6. The average molecular weight is 461 g/mol. The topological polar surface area (TPSA) is 98.5 Å². The van der Waals surface area contributed by atoms with Gasteiger partial charge in [0.1, 0.15) is 0 Å². The number of nitrogens with one attached hydrogen (secondary N) is 1. The summed E-state index contributed by atoms with van der Waals surface area (Å²) in [6, 6.07) is 16.0. The molecule has 2 aromatic carbocycles. The molecule has 0 spiro atoms. The molecule has 176 valence electrons. The van der Waals surface area contributed by atoms with Gasteiger partial charge in [-0.25, -0.2) is 4.79 Å². The van der Waals surface area contributed by atoms with Crippen molar-refractivity contribution in [3.05, 3.63) is 98.4 Å². The second kappa shape index (κ2) is 9.25. The second-order valence-electron chi connectivity index (χ2n) is 9.62. The lowest BCUT2D eigenvalue weighted by molar-refractivity contribution is -0.385. The molecular formula is C27H28N2O5. The van der Waals surface area contributed by atoms with Crippen LogP contribution in [0.4, 0.5) is 5.69 Å². The first-order valence-electron chi connectivity index (χ1n) is 11.4. The number of nitrogens with zero attached hydrogens (tertiary/aromatic N) is 1. The number of ketones is 1. The van der Waals surface area contributed by atoms with Crippen LogP contribution < -0.4 is 5.32 Å². The molecule has 1 aliphatic carbocycles. The lowest BCUT2D eigenvalue weighted by Crippen LogP contribution is -2.39. The molecule has 7 heteroatoms. The van der Waals surface area contributed by atoms with Crippen molar-refractivity contribution in [1.29, 1.82) is 0 Å². The second-order valence-corrected chi connectivity index (χ2v) is 9.62. The van der Waals surface area contributed by atoms with E-state index in [1.807, 2.05) is 44.2 Å². The van der Waals surface area contributed by atoms with Gasteiger partial charge in [-0.2, -0.15) is 0 Å². The number of carbonyl (C=O) groups is 2. The Bertz CT molecular complexity index is 1210. The van der Waals surface area contributed by atoms with Crippen molar-refractivity contribution in [2.45, 2.75) is 46.0 Å². The number of hydrogen-bond acceptors (Lipinski definition) is 6. The molecule has 0 saturated heterocycles. The predicted molar refractivity (Wildman–Crippen MR) is 128 cm³/mol. The Balaban J connectivity index is 1.73. The van der Waals surface area contributed by atoms with Gasteiger partial charge >= 0.3 is 5.97 Å². The van der Waals surface area contributed by atoms with Gasteiger partial charge in [0.15, 0.2) is 5.78 Å². The minimum absolute atomic E-state index is 0.107. The van der Waals surface area contributed by atoms with E-state index < -0.39 is 16.8 Å². The van der Waals surface area contributed by atoms with E-state index in [9.17, 15) is 19.7 Å². The van der Waals surface area contributed by atoms with Gasteiger partial charge in [0.25, 0.3) is 5.69 Å². The fourth-order valence-corrected chi connectivity index (χ4v) is 4.90. The maximum atomic E-state index is 13.3. The van der Waals surface area contributed by atoms with Crippen LogP contribution in [0.15, 0.2) is 77.1 Å². The minimum Gasteiger partial charge on any atom is -0.462 e. The van der Waals surface area contributed by atoms with Gasteiger partial charge in [0.2, 0.25) is 0 Å². The van der Waals surface area contributed by atoms with Gasteiger partial charge < -0.3 is 10.1 Å². The molecule has 2 aliphatic rings. The van der Waals surface area contributed by atoms with Crippen molar-refractivity contribution in [3.8, 4) is 0 Å². The first-order valence-corrected chi connectivity index (χ1v) is 11.4. The molecule has 34 heavy (non-hydrogen) atoms. The fraction of sp³-hybridized carbons (Fsp3) is 0.333. The highest BCUT2D eigenvalue weighted by atomic mass is 16.6. The van der Waals surface area contributed by atoms with Crippen LogP contribution in [0.3, 0.4) is 0 Å². The summed E-state index contributed by atoms with van der Waals surface area (Å²) in [5.41, 5.74) is 2.94. The van der Waals surface area contributed by atoms with Crippen LogP contribution in [-0.4, -0.2) is 23.3 Å². The van der Waals surface area contributed by atoms with E-state index in [0.717, 1.165) is 11.3 Å². The Morgan fingerprint density at radius 3 is 2.50 bits per heavy atom. The van der Waals surface area contributed by atoms with E-state index in [1.165, 1.54) is 6.07 Å². The van der Waals surface area contributed by atoms with E-state index in [1.54, 1.807) is 25.1 Å². The molecule has 7 nitrogen and oxygen atoms in total. The largest absolute Gasteiger partial charge is 0.462 e. The van der Waals surface area contributed by atoms with E-state index in [2.05, 4.69) is 5.32 Å². The molecule has 0 saturated carbocycles. The third kappa shape index (κ3) is 4.64. The van der Waals surface area contributed by atoms with Crippen molar-refractivity contribution < 1.29 is 19.2 Å². The summed E-state index contributed by atoms with van der Waals surface area (Å²) < 4.78 is 5.62. The normalized spacial score (nSPS) is 19.4. The smallest absolute Gasteiger partial charge is 0.336 e. The molecule has 1 N–H and O–H groups in total. The minimum atomic E-state index is -0.856. The maximum Gasteiger partial charge on any atom is 0.336 e. The van der Waals surface area contributed by atoms with Crippen LogP contribution in [0, 0.1) is 15.5 Å². The molecule has 1 heterocycles. The van der Waals surface area contributed by atoms with Crippen LogP contribution in [0.1, 0.15) is 50.7 Å². The van der Waals surface area contributed by atoms with Crippen LogP contribution in [0.25, 0.3) is 0 Å². The number of nitro groups is 1. The van der Waals surface area contributed by atoms with E-state index >= 15 is 0 Å². The van der Waals surface area contributed by atoms with Gasteiger partial charge in [-0.05, 0) is 24.3 Å². The highest BCUT2D eigenvalue weighted by Gasteiger charge is 2.44. The molecule has 2 aromatic rings. The summed E-state index contributed by atoms with van der Waals surface area (Å²) in [7, 11) is 0. The number of allylic oxidation sites excluding steroid dienone is 3. The number of esters is 1. The molecule has 0 amide bonds. The van der Waals surface area contributed by atoms with Gasteiger partial charge in [-0.3, -0.25) is 14.9 Å². The molecule has 0 bridgehead atoms. The molecule has 0 aromatic heterocycles. The average Bonchev–Trinajstić information content (AvgIpc) is 2.77. The Labute approximate surface area is 198 Å². The van der Waals surface area contributed by atoms with E-state index in [-0.39, 0.29) is 29.1 Å². The first kappa shape index (κ1) is 23.4. The number of Topliss-reactive ketones (excluding diaryl/α,β-unsaturated/α-hetero) is 1. The Hall–Kier alpha value is -3.74. The number of para-hydroxylation sites is 1. The predicted octanol–water partition coefficient (Wildman–Crippen LogP) is 4.98. The Morgan fingerprint density at radius 1 is 1.12 bits per heavy atom. The number of nitro benzene ring substituents is 1. The van der Waals surface area contributed by atoms with Gasteiger partial charge in [-0.15, -0.1) is 0 Å². The van der Waals surface area contributed by atoms with Gasteiger partial charge in [0.05, 0.1) is 23.0 Å².